The number of benzene rings is 2. The molecule has 3 N–H and O–H groups in total. The number of carbonyl (C=O) groups is 2. The number of nitrogens with zero attached hydrogens (tertiary/aromatic N) is 1. The SMILES string of the molecule is CNc1cc(Oc2ccc(CN3CCCC(F)(F)C3)cc2)ccc1C(=N)C1CCC(=O)NC1=O. The van der Waals surface area contributed by atoms with Crippen LogP contribution >= 0.6 is 0 Å². The van der Waals surface area contributed by atoms with Crippen molar-refractivity contribution < 1.29 is 23.1 Å². The van der Waals surface area contributed by atoms with Crippen LogP contribution in [0.1, 0.15) is 36.8 Å². The minimum absolute atomic E-state index is 0.0450. The van der Waals surface area contributed by atoms with Crippen molar-refractivity contribution in [2.45, 2.75) is 38.2 Å². The number of piperidine rings is 2. The Bertz CT molecular complexity index is 1090. The Labute approximate surface area is 197 Å². The average molecular weight is 471 g/mol. The maximum absolute atomic E-state index is 13.6. The normalized spacial score (nSPS) is 20.5. The number of hydrogen-bond acceptors (Lipinski definition) is 6. The van der Waals surface area contributed by atoms with Gasteiger partial charge in [-0.2, -0.15) is 0 Å². The Morgan fingerprint density at radius 2 is 1.94 bits per heavy atom. The molecule has 2 fully saturated rings. The number of anilines is 1. The van der Waals surface area contributed by atoms with Gasteiger partial charge in [0.2, 0.25) is 11.8 Å². The van der Waals surface area contributed by atoms with Crippen molar-refractivity contribution in [3.05, 3.63) is 53.6 Å². The first kappa shape index (κ1) is 23.8. The van der Waals surface area contributed by atoms with Gasteiger partial charge in [-0.3, -0.25) is 19.8 Å². The third-order valence-electron chi connectivity index (χ3n) is 6.18. The molecular weight excluding hydrogens is 442 g/mol. The van der Waals surface area contributed by atoms with Crippen molar-refractivity contribution in [3.63, 3.8) is 0 Å². The van der Waals surface area contributed by atoms with E-state index in [-0.39, 0.29) is 31.0 Å². The Morgan fingerprint density at radius 1 is 1.21 bits per heavy atom. The third-order valence-corrected chi connectivity index (χ3v) is 6.18. The highest BCUT2D eigenvalue weighted by molar-refractivity contribution is 6.17. The molecule has 2 aliphatic heterocycles. The standard InChI is InChI=1S/C25H28F2N4O3/c1-29-21-13-18(7-8-19(21)23(28)20-9-10-22(32)30-24(20)33)34-17-5-3-16(4-6-17)14-31-12-2-11-25(26,27)15-31/h3-8,13,20,28-29H,2,9-12,14-15H2,1H3,(H,30,32,33). The molecule has 0 aromatic heterocycles. The maximum atomic E-state index is 13.6. The number of halogens is 2. The summed E-state index contributed by atoms with van der Waals surface area (Å²) < 4.78 is 33.2. The molecule has 9 heteroatoms. The van der Waals surface area contributed by atoms with E-state index in [0.717, 1.165) is 5.56 Å². The van der Waals surface area contributed by atoms with Crippen LogP contribution in [-0.2, 0) is 16.1 Å². The topological polar surface area (TPSA) is 94.5 Å². The number of hydrogen-bond donors (Lipinski definition) is 3. The lowest BCUT2D eigenvalue weighted by molar-refractivity contribution is -0.134. The molecule has 0 aliphatic carbocycles. The first-order chi connectivity index (χ1) is 16.2. The van der Waals surface area contributed by atoms with Crippen LogP contribution in [-0.4, -0.2) is 48.5 Å². The van der Waals surface area contributed by atoms with Gasteiger partial charge in [0.1, 0.15) is 11.5 Å². The van der Waals surface area contributed by atoms with Crippen molar-refractivity contribution in [1.29, 1.82) is 5.41 Å². The maximum Gasteiger partial charge on any atom is 0.260 e. The zero-order valence-corrected chi connectivity index (χ0v) is 19.0. The zero-order valence-electron chi connectivity index (χ0n) is 19.0. The molecular formula is C25H28F2N4O3. The highest BCUT2D eigenvalue weighted by atomic mass is 19.3. The Hall–Kier alpha value is -3.33. The minimum Gasteiger partial charge on any atom is -0.457 e. The molecule has 2 saturated heterocycles. The van der Waals surface area contributed by atoms with Crippen LogP contribution in [0.4, 0.5) is 14.5 Å². The second-order valence-electron chi connectivity index (χ2n) is 8.79. The van der Waals surface area contributed by atoms with Gasteiger partial charge in [0.25, 0.3) is 5.92 Å². The minimum atomic E-state index is -2.62. The number of rotatable bonds is 7. The van der Waals surface area contributed by atoms with Gasteiger partial charge in [0.15, 0.2) is 0 Å². The molecule has 34 heavy (non-hydrogen) atoms. The highest BCUT2D eigenvalue weighted by Crippen LogP contribution is 2.31. The molecule has 2 amide bonds. The van der Waals surface area contributed by atoms with Gasteiger partial charge in [-0.05, 0) is 49.2 Å². The molecule has 2 aromatic carbocycles. The summed E-state index contributed by atoms with van der Waals surface area (Å²) in [5.41, 5.74) is 2.29. The van der Waals surface area contributed by atoms with Gasteiger partial charge < -0.3 is 15.5 Å². The number of alkyl halides is 2. The molecule has 0 radical (unpaired) electrons. The monoisotopic (exact) mass is 470 g/mol. The third kappa shape index (κ3) is 5.59. The van der Waals surface area contributed by atoms with Gasteiger partial charge in [-0.1, -0.05) is 12.1 Å². The first-order valence-corrected chi connectivity index (χ1v) is 11.4. The largest absolute Gasteiger partial charge is 0.457 e. The summed E-state index contributed by atoms with van der Waals surface area (Å²) in [4.78, 5) is 25.3. The van der Waals surface area contributed by atoms with Gasteiger partial charge in [-0.15, -0.1) is 0 Å². The summed E-state index contributed by atoms with van der Waals surface area (Å²) in [6, 6.07) is 12.5. The predicted molar refractivity (Wildman–Crippen MR) is 125 cm³/mol. The van der Waals surface area contributed by atoms with Crippen molar-refractivity contribution in [2.24, 2.45) is 5.92 Å². The van der Waals surface area contributed by atoms with Crippen LogP contribution in [0.3, 0.4) is 0 Å². The fourth-order valence-electron chi connectivity index (χ4n) is 4.42. The summed E-state index contributed by atoms with van der Waals surface area (Å²) >= 11 is 0. The summed E-state index contributed by atoms with van der Waals surface area (Å²) in [6.07, 6.45) is 0.979. The van der Waals surface area contributed by atoms with Gasteiger partial charge in [-0.25, -0.2) is 8.78 Å². The predicted octanol–water partition coefficient (Wildman–Crippen LogP) is 4.17. The van der Waals surface area contributed by atoms with E-state index < -0.39 is 17.7 Å². The van der Waals surface area contributed by atoms with Crippen molar-refractivity contribution in [1.82, 2.24) is 10.2 Å². The first-order valence-electron chi connectivity index (χ1n) is 11.4. The Morgan fingerprint density at radius 3 is 2.62 bits per heavy atom. The number of ether oxygens (including phenoxy) is 1. The fraction of sp³-hybridized carbons (Fsp3) is 0.400. The average Bonchev–Trinajstić information content (AvgIpc) is 2.79. The van der Waals surface area contributed by atoms with Crippen molar-refractivity contribution in [3.8, 4) is 11.5 Å². The molecule has 1 atom stereocenters. The van der Waals surface area contributed by atoms with E-state index in [0.29, 0.717) is 48.7 Å². The van der Waals surface area contributed by atoms with Crippen molar-refractivity contribution in [2.75, 3.05) is 25.5 Å². The van der Waals surface area contributed by atoms with E-state index in [4.69, 9.17) is 10.1 Å². The van der Waals surface area contributed by atoms with E-state index >= 15 is 0 Å². The smallest absolute Gasteiger partial charge is 0.260 e. The van der Waals surface area contributed by atoms with Gasteiger partial charge in [0, 0.05) is 43.8 Å². The molecule has 7 nitrogen and oxygen atoms in total. The molecule has 0 bridgehead atoms. The fourth-order valence-corrected chi connectivity index (χ4v) is 4.42. The second kappa shape index (κ2) is 9.89. The van der Waals surface area contributed by atoms with E-state index in [1.54, 1.807) is 42.3 Å². The molecule has 2 heterocycles. The molecule has 1 unspecified atom stereocenters. The quantitative estimate of drug-likeness (QED) is 0.417. The van der Waals surface area contributed by atoms with Gasteiger partial charge >= 0.3 is 0 Å². The number of amides is 2. The van der Waals surface area contributed by atoms with Crippen LogP contribution in [0.25, 0.3) is 0 Å². The number of imide groups is 1. The molecule has 4 rings (SSSR count). The van der Waals surface area contributed by atoms with E-state index in [2.05, 4.69) is 10.6 Å². The summed E-state index contributed by atoms with van der Waals surface area (Å²) in [6.45, 7) is 0.927. The lowest BCUT2D eigenvalue weighted by Crippen LogP contribution is -2.44. The molecule has 0 spiro atoms. The molecule has 0 saturated carbocycles. The number of carbonyl (C=O) groups excluding carboxylic acids is 2. The Kier molecular flexibility index (Phi) is 6.92. The lowest BCUT2D eigenvalue weighted by atomic mass is 9.88. The molecule has 180 valence electrons. The molecule has 2 aliphatic rings. The van der Waals surface area contributed by atoms with Crippen LogP contribution in [0.5, 0.6) is 11.5 Å². The van der Waals surface area contributed by atoms with Gasteiger partial charge in [0.05, 0.1) is 18.2 Å². The van der Waals surface area contributed by atoms with Crippen LogP contribution in [0.15, 0.2) is 42.5 Å². The summed E-state index contributed by atoms with van der Waals surface area (Å²) in [7, 11) is 1.72. The number of likely N-dealkylation sites (tertiary alicyclic amines) is 1. The summed E-state index contributed by atoms with van der Waals surface area (Å²) in [5, 5.41) is 13.8. The second-order valence-corrected chi connectivity index (χ2v) is 8.79. The van der Waals surface area contributed by atoms with Crippen LogP contribution in [0.2, 0.25) is 0 Å². The van der Waals surface area contributed by atoms with E-state index in [9.17, 15) is 18.4 Å². The number of nitrogens with one attached hydrogen (secondary N) is 3. The summed E-state index contributed by atoms with van der Waals surface area (Å²) in [5.74, 6) is -2.91. The van der Waals surface area contributed by atoms with E-state index in [1.807, 2.05) is 12.1 Å². The van der Waals surface area contributed by atoms with Crippen LogP contribution < -0.4 is 15.4 Å². The van der Waals surface area contributed by atoms with E-state index in [1.165, 1.54) is 0 Å². The Balaban J connectivity index is 1.41. The molecule has 2 aromatic rings. The zero-order chi connectivity index (χ0) is 24.3. The lowest BCUT2D eigenvalue weighted by Gasteiger charge is -2.32. The van der Waals surface area contributed by atoms with Crippen LogP contribution in [0, 0.1) is 11.3 Å². The highest BCUT2D eigenvalue weighted by Gasteiger charge is 2.35. The van der Waals surface area contributed by atoms with Crippen molar-refractivity contribution >= 4 is 23.2 Å².